The lowest BCUT2D eigenvalue weighted by atomic mass is 10.2. The number of aromatic nitrogens is 1. The monoisotopic (exact) mass is 417 g/mol. The van der Waals surface area contributed by atoms with Gasteiger partial charge in [0, 0.05) is 17.4 Å². The van der Waals surface area contributed by atoms with Crippen LogP contribution >= 0.6 is 11.6 Å². The zero-order valence-corrected chi connectivity index (χ0v) is 18.3. The van der Waals surface area contributed by atoms with E-state index in [-0.39, 0.29) is 11.8 Å². The Labute approximate surface area is 177 Å². The molecule has 2 N–H and O–H groups in total. The number of hydrogen-bond donors (Lipinski definition) is 2. The first kappa shape index (κ1) is 21.4. The number of carbonyl (C=O) groups excluding carboxylic acids is 2. The van der Waals surface area contributed by atoms with Crippen molar-refractivity contribution < 1.29 is 14.5 Å². The number of piperazine rings is 1. The molecule has 1 fully saturated rings. The van der Waals surface area contributed by atoms with Crippen LogP contribution in [0.4, 0.5) is 5.69 Å². The Kier molecular flexibility index (Phi) is 6.65. The number of carbonyl (C=O) groups is 2. The van der Waals surface area contributed by atoms with Crippen LogP contribution in [0, 0.1) is 13.8 Å². The van der Waals surface area contributed by atoms with Gasteiger partial charge in [-0.25, -0.2) is 0 Å². The van der Waals surface area contributed by atoms with E-state index in [2.05, 4.69) is 23.7 Å². The predicted molar refractivity (Wildman–Crippen MR) is 116 cm³/mol. The van der Waals surface area contributed by atoms with Gasteiger partial charge >= 0.3 is 0 Å². The van der Waals surface area contributed by atoms with E-state index in [1.165, 1.54) is 4.90 Å². The summed E-state index contributed by atoms with van der Waals surface area (Å²) in [5.41, 5.74) is 3.56. The smallest absolute Gasteiger partial charge is 0.279 e. The molecule has 1 aliphatic rings. The van der Waals surface area contributed by atoms with E-state index in [1.807, 2.05) is 36.9 Å². The number of hydrogen-bond acceptors (Lipinski definition) is 2. The van der Waals surface area contributed by atoms with Gasteiger partial charge in [-0.3, -0.25) is 9.59 Å². The Bertz CT molecular complexity index is 898. The molecule has 0 radical (unpaired) electrons. The molecule has 2 aromatic rings. The molecule has 3 rings (SSSR count). The SMILES string of the molecule is Cc1cc(C(=O)N2CC[NH+](CC(=O)Nc3ccccc3Cl)CC2)c(C)n1C(C)C. The highest BCUT2D eigenvalue weighted by Gasteiger charge is 2.28. The predicted octanol–water partition coefficient (Wildman–Crippen LogP) is 2.32. The number of benzene rings is 1. The van der Waals surface area contributed by atoms with Crippen LogP contribution in [0.25, 0.3) is 0 Å². The van der Waals surface area contributed by atoms with Crippen LogP contribution in [0.15, 0.2) is 30.3 Å². The molecule has 7 heteroatoms. The Balaban J connectivity index is 1.55. The van der Waals surface area contributed by atoms with Crippen molar-refractivity contribution in [3.63, 3.8) is 0 Å². The topological polar surface area (TPSA) is 58.8 Å². The summed E-state index contributed by atoms with van der Waals surface area (Å²) in [6.45, 7) is 11.5. The summed E-state index contributed by atoms with van der Waals surface area (Å²) in [5, 5.41) is 3.40. The quantitative estimate of drug-likeness (QED) is 0.784. The molecule has 0 unspecified atom stereocenters. The van der Waals surface area contributed by atoms with Crippen molar-refractivity contribution >= 4 is 29.1 Å². The number of quaternary nitrogens is 1. The zero-order valence-electron chi connectivity index (χ0n) is 17.6. The van der Waals surface area contributed by atoms with Crippen LogP contribution in [0.5, 0.6) is 0 Å². The number of halogens is 1. The van der Waals surface area contributed by atoms with E-state index in [1.54, 1.807) is 12.1 Å². The third-order valence-electron chi connectivity index (χ3n) is 5.55. The van der Waals surface area contributed by atoms with Crippen molar-refractivity contribution in [2.45, 2.75) is 33.7 Å². The van der Waals surface area contributed by atoms with E-state index >= 15 is 0 Å². The Hall–Kier alpha value is -2.31. The summed E-state index contributed by atoms with van der Waals surface area (Å²) in [4.78, 5) is 28.4. The number of anilines is 1. The molecule has 6 nitrogen and oxygen atoms in total. The van der Waals surface area contributed by atoms with Crippen LogP contribution in [-0.4, -0.2) is 54.0 Å². The highest BCUT2D eigenvalue weighted by atomic mass is 35.5. The highest BCUT2D eigenvalue weighted by molar-refractivity contribution is 6.33. The Morgan fingerprint density at radius 1 is 1.17 bits per heavy atom. The van der Waals surface area contributed by atoms with E-state index in [0.717, 1.165) is 30.0 Å². The highest BCUT2D eigenvalue weighted by Crippen LogP contribution is 2.22. The largest absolute Gasteiger partial charge is 0.346 e. The lowest BCUT2D eigenvalue weighted by Gasteiger charge is -2.32. The van der Waals surface area contributed by atoms with Gasteiger partial charge in [0.2, 0.25) is 0 Å². The van der Waals surface area contributed by atoms with Crippen molar-refractivity contribution in [1.29, 1.82) is 0 Å². The van der Waals surface area contributed by atoms with Gasteiger partial charge < -0.3 is 19.7 Å². The number of nitrogens with one attached hydrogen (secondary N) is 2. The number of para-hydroxylation sites is 1. The molecule has 1 saturated heterocycles. The molecule has 2 amide bonds. The molecule has 0 bridgehead atoms. The molecule has 0 aliphatic carbocycles. The van der Waals surface area contributed by atoms with E-state index in [4.69, 9.17) is 11.6 Å². The average molecular weight is 418 g/mol. The lowest BCUT2D eigenvalue weighted by molar-refractivity contribution is -0.895. The first-order valence-electron chi connectivity index (χ1n) is 10.1. The van der Waals surface area contributed by atoms with Gasteiger partial charge in [-0.05, 0) is 45.9 Å². The molecule has 0 saturated carbocycles. The molecule has 2 heterocycles. The van der Waals surface area contributed by atoms with Crippen molar-refractivity contribution in [2.75, 3.05) is 38.0 Å². The van der Waals surface area contributed by atoms with Gasteiger partial charge in [-0.15, -0.1) is 0 Å². The Morgan fingerprint density at radius 3 is 2.41 bits per heavy atom. The van der Waals surface area contributed by atoms with Crippen molar-refractivity contribution in [3.8, 4) is 0 Å². The second-order valence-corrected chi connectivity index (χ2v) is 8.40. The van der Waals surface area contributed by atoms with Gasteiger partial charge in [-0.2, -0.15) is 0 Å². The molecular formula is C22H30ClN4O2+. The van der Waals surface area contributed by atoms with Crippen molar-refractivity contribution in [1.82, 2.24) is 9.47 Å². The number of amides is 2. The zero-order chi connectivity index (χ0) is 21.1. The summed E-state index contributed by atoms with van der Waals surface area (Å²) in [5.74, 6) is 0.0259. The summed E-state index contributed by atoms with van der Waals surface area (Å²) in [6.07, 6.45) is 0. The molecule has 156 valence electrons. The van der Waals surface area contributed by atoms with Crippen molar-refractivity contribution in [3.05, 3.63) is 52.3 Å². The van der Waals surface area contributed by atoms with Crippen LogP contribution in [0.2, 0.25) is 5.02 Å². The lowest BCUT2D eigenvalue weighted by Crippen LogP contribution is -3.15. The van der Waals surface area contributed by atoms with Crippen LogP contribution in [-0.2, 0) is 4.79 Å². The van der Waals surface area contributed by atoms with Crippen LogP contribution < -0.4 is 10.2 Å². The molecule has 1 aromatic carbocycles. The van der Waals surface area contributed by atoms with Gasteiger partial charge in [-0.1, -0.05) is 23.7 Å². The first-order chi connectivity index (χ1) is 13.8. The molecule has 1 aromatic heterocycles. The van der Waals surface area contributed by atoms with E-state index in [9.17, 15) is 9.59 Å². The normalized spacial score (nSPS) is 15.0. The van der Waals surface area contributed by atoms with Crippen LogP contribution in [0.1, 0.15) is 41.6 Å². The van der Waals surface area contributed by atoms with E-state index in [0.29, 0.717) is 36.4 Å². The summed E-state index contributed by atoms with van der Waals surface area (Å²) in [7, 11) is 0. The molecule has 29 heavy (non-hydrogen) atoms. The van der Waals surface area contributed by atoms with Gasteiger partial charge in [0.05, 0.1) is 42.5 Å². The Morgan fingerprint density at radius 2 is 1.83 bits per heavy atom. The minimum atomic E-state index is -0.0617. The first-order valence-corrected chi connectivity index (χ1v) is 10.5. The second kappa shape index (κ2) is 9.01. The molecule has 0 spiro atoms. The van der Waals surface area contributed by atoms with Gasteiger partial charge in [0.1, 0.15) is 0 Å². The van der Waals surface area contributed by atoms with E-state index < -0.39 is 0 Å². The fourth-order valence-electron chi connectivity index (χ4n) is 4.15. The standard InChI is InChI=1S/C22H29ClN4O2/c1-15(2)27-16(3)13-18(17(27)4)22(29)26-11-9-25(10-12-26)14-21(28)24-20-8-6-5-7-19(20)23/h5-8,13,15H,9-12,14H2,1-4H3,(H,24,28)/p+1. The molecule has 0 atom stereocenters. The summed E-state index contributed by atoms with van der Waals surface area (Å²) in [6, 6.07) is 9.54. The summed E-state index contributed by atoms with van der Waals surface area (Å²) >= 11 is 6.10. The average Bonchev–Trinajstić information content (AvgIpc) is 2.98. The fourth-order valence-corrected chi connectivity index (χ4v) is 4.33. The number of nitrogens with zero attached hydrogens (tertiary/aromatic N) is 2. The number of rotatable bonds is 5. The maximum Gasteiger partial charge on any atom is 0.279 e. The third kappa shape index (κ3) is 4.82. The fraction of sp³-hybridized carbons (Fsp3) is 0.455. The second-order valence-electron chi connectivity index (χ2n) is 8.00. The molecular weight excluding hydrogens is 388 g/mol. The van der Waals surface area contributed by atoms with Crippen LogP contribution in [0.3, 0.4) is 0 Å². The maximum absolute atomic E-state index is 13.0. The summed E-state index contributed by atoms with van der Waals surface area (Å²) < 4.78 is 2.20. The maximum atomic E-state index is 13.0. The van der Waals surface area contributed by atoms with Gasteiger partial charge in [0.25, 0.3) is 11.8 Å². The minimum Gasteiger partial charge on any atom is -0.346 e. The number of aryl methyl sites for hydroxylation is 1. The van der Waals surface area contributed by atoms with Crippen molar-refractivity contribution in [2.24, 2.45) is 0 Å². The third-order valence-corrected chi connectivity index (χ3v) is 5.88. The molecule has 1 aliphatic heterocycles. The van der Waals surface area contributed by atoms with Gasteiger partial charge in [0.15, 0.2) is 6.54 Å². The minimum absolute atomic E-state index is 0.0617.